The number of carbonyl (C=O) groups excluding carboxylic acids is 1. The van der Waals surface area contributed by atoms with Gasteiger partial charge in [-0.2, -0.15) is 0 Å². The lowest BCUT2D eigenvalue weighted by Crippen LogP contribution is -2.10. The number of carbonyl (C=O) groups is 1. The van der Waals surface area contributed by atoms with Crippen molar-refractivity contribution >= 4 is 12.0 Å². The number of benzene rings is 1. The summed E-state index contributed by atoms with van der Waals surface area (Å²) in [7, 11) is 0. The third-order valence-corrected chi connectivity index (χ3v) is 1.99. The molecule has 0 radical (unpaired) electrons. The SMILES string of the molecule is CC(C)OC(=O)CCC=Cc1ccccc1. The zero-order valence-electron chi connectivity index (χ0n) is 9.85. The molecule has 0 atom stereocenters. The van der Waals surface area contributed by atoms with Crippen LogP contribution in [-0.2, 0) is 9.53 Å². The van der Waals surface area contributed by atoms with Gasteiger partial charge in [-0.05, 0) is 25.8 Å². The first kappa shape index (κ1) is 12.5. The molecule has 1 rings (SSSR count). The lowest BCUT2D eigenvalue weighted by Gasteiger charge is -2.05. The Labute approximate surface area is 96.9 Å². The molecule has 0 aromatic heterocycles. The fourth-order valence-electron chi connectivity index (χ4n) is 1.31. The summed E-state index contributed by atoms with van der Waals surface area (Å²) in [5, 5.41) is 0. The van der Waals surface area contributed by atoms with E-state index in [2.05, 4.69) is 0 Å². The normalized spacial score (nSPS) is 10.9. The fraction of sp³-hybridized carbons (Fsp3) is 0.357. The van der Waals surface area contributed by atoms with Crippen molar-refractivity contribution in [3.8, 4) is 0 Å². The van der Waals surface area contributed by atoms with Crippen LogP contribution in [0.2, 0.25) is 0 Å². The van der Waals surface area contributed by atoms with E-state index in [4.69, 9.17) is 4.74 Å². The maximum atomic E-state index is 11.2. The van der Waals surface area contributed by atoms with E-state index in [1.54, 1.807) is 0 Å². The maximum Gasteiger partial charge on any atom is 0.306 e. The minimum atomic E-state index is -0.132. The van der Waals surface area contributed by atoms with Crippen molar-refractivity contribution in [2.24, 2.45) is 0 Å². The Kier molecular flexibility index (Phi) is 5.34. The second kappa shape index (κ2) is 6.83. The highest BCUT2D eigenvalue weighted by molar-refractivity contribution is 5.69. The fourth-order valence-corrected chi connectivity index (χ4v) is 1.31. The first-order valence-electron chi connectivity index (χ1n) is 5.59. The molecule has 2 heteroatoms. The summed E-state index contributed by atoms with van der Waals surface area (Å²) < 4.78 is 5.03. The topological polar surface area (TPSA) is 26.3 Å². The van der Waals surface area contributed by atoms with Gasteiger partial charge in [0.15, 0.2) is 0 Å². The summed E-state index contributed by atoms with van der Waals surface area (Å²) in [5.74, 6) is -0.132. The van der Waals surface area contributed by atoms with Crippen LogP contribution < -0.4 is 0 Å². The Morgan fingerprint density at radius 2 is 2.00 bits per heavy atom. The van der Waals surface area contributed by atoms with Gasteiger partial charge in [-0.15, -0.1) is 0 Å². The second-order valence-corrected chi connectivity index (χ2v) is 3.89. The van der Waals surface area contributed by atoms with Crippen LogP contribution in [-0.4, -0.2) is 12.1 Å². The molecule has 1 aromatic carbocycles. The van der Waals surface area contributed by atoms with E-state index in [1.165, 1.54) is 0 Å². The molecule has 2 nitrogen and oxygen atoms in total. The van der Waals surface area contributed by atoms with E-state index in [-0.39, 0.29) is 12.1 Å². The summed E-state index contributed by atoms with van der Waals surface area (Å²) in [6, 6.07) is 10.0. The van der Waals surface area contributed by atoms with Crippen LogP contribution in [0.4, 0.5) is 0 Å². The maximum absolute atomic E-state index is 11.2. The molecule has 0 N–H and O–H groups in total. The van der Waals surface area contributed by atoms with Crippen molar-refractivity contribution in [1.82, 2.24) is 0 Å². The minimum Gasteiger partial charge on any atom is -0.463 e. The molecule has 0 unspecified atom stereocenters. The molecule has 0 aliphatic heterocycles. The van der Waals surface area contributed by atoms with Gasteiger partial charge >= 0.3 is 5.97 Å². The molecule has 0 amide bonds. The number of allylic oxidation sites excluding steroid dienone is 1. The van der Waals surface area contributed by atoms with Gasteiger partial charge in [0, 0.05) is 6.42 Å². The largest absolute Gasteiger partial charge is 0.463 e. The molecule has 0 aliphatic carbocycles. The molecule has 0 saturated heterocycles. The van der Waals surface area contributed by atoms with Crippen LogP contribution in [0.5, 0.6) is 0 Å². The molecule has 0 saturated carbocycles. The lowest BCUT2D eigenvalue weighted by molar-refractivity contribution is -0.147. The third-order valence-electron chi connectivity index (χ3n) is 1.99. The quantitative estimate of drug-likeness (QED) is 0.708. The van der Waals surface area contributed by atoms with Gasteiger partial charge in [-0.25, -0.2) is 0 Å². The molecule has 0 aliphatic rings. The van der Waals surface area contributed by atoms with Crippen LogP contribution >= 0.6 is 0 Å². The molecule has 1 aromatic rings. The average Bonchev–Trinajstić information content (AvgIpc) is 2.25. The molecular weight excluding hydrogens is 200 g/mol. The van der Waals surface area contributed by atoms with Gasteiger partial charge in [-0.3, -0.25) is 4.79 Å². The molecule has 86 valence electrons. The number of rotatable bonds is 5. The molecule has 0 spiro atoms. The van der Waals surface area contributed by atoms with Crippen molar-refractivity contribution in [1.29, 1.82) is 0 Å². The van der Waals surface area contributed by atoms with E-state index in [1.807, 2.05) is 56.3 Å². The highest BCUT2D eigenvalue weighted by Gasteiger charge is 2.02. The molecular formula is C14H18O2. The minimum absolute atomic E-state index is 0.0226. The van der Waals surface area contributed by atoms with Crippen LogP contribution in [0.3, 0.4) is 0 Å². The van der Waals surface area contributed by atoms with Gasteiger partial charge in [0.2, 0.25) is 0 Å². The van der Waals surface area contributed by atoms with Crippen LogP contribution in [0, 0.1) is 0 Å². The summed E-state index contributed by atoms with van der Waals surface area (Å²) in [6.45, 7) is 3.72. The van der Waals surface area contributed by atoms with Crippen LogP contribution in [0.15, 0.2) is 36.4 Å². The van der Waals surface area contributed by atoms with Gasteiger partial charge in [0.1, 0.15) is 0 Å². The summed E-state index contributed by atoms with van der Waals surface area (Å²) >= 11 is 0. The first-order chi connectivity index (χ1) is 7.68. The molecule has 16 heavy (non-hydrogen) atoms. The Morgan fingerprint density at radius 1 is 1.31 bits per heavy atom. The number of esters is 1. The first-order valence-corrected chi connectivity index (χ1v) is 5.59. The Hall–Kier alpha value is -1.57. The number of hydrogen-bond acceptors (Lipinski definition) is 2. The van der Waals surface area contributed by atoms with Crippen molar-refractivity contribution in [3.05, 3.63) is 42.0 Å². The van der Waals surface area contributed by atoms with Crippen molar-refractivity contribution in [3.63, 3.8) is 0 Å². The van der Waals surface area contributed by atoms with Gasteiger partial charge < -0.3 is 4.74 Å². The van der Waals surface area contributed by atoms with Gasteiger partial charge in [-0.1, -0.05) is 42.5 Å². The van der Waals surface area contributed by atoms with Crippen molar-refractivity contribution in [2.75, 3.05) is 0 Å². The summed E-state index contributed by atoms with van der Waals surface area (Å²) in [6.07, 6.45) is 5.16. The van der Waals surface area contributed by atoms with Gasteiger partial charge in [0.05, 0.1) is 6.10 Å². The standard InChI is InChI=1S/C14H18O2/c1-12(2)16-14(15)11-7-6-10-13-8-4-3-5-9-13/h3-6,8-10,12H,7,11H2,1-2H3. The second-order valence-electron chi connectivity index (χ2n) is 3.89. The van der Waals surface area contributed by atoms with Crippen LogP contribution in [0.1, 0.15) is 32.3 Å². The summed E-state index contributed by atoms with van der Waals surface area (Å²) in [5.41, 5.74) is 1.15. The summed E-state index contributed by atoms with van der Waals surface area (Å²) in [4.78, 5) is 11.2. The Balaban J connectivity index is 2.25. The van der Waals surface area contributed by atoms with E-state index in [9.17, 15) is 4.79 Å². The lowest BCUT2D eigenvalue weighted by atomic mass is 10.2. The van der Waals surface area contributed by atoms with E-state index in [0.717, 1.165) is 12.0 Å². The number of ether oxygens (including phenoxy) is 1. The highest BCUT2D eigenvalue weighted by Crippen LogP contribution is 2.04. The molecule has 0 heterocycles. The molecule has 0 fully saturated rings. The highest BCUT2D eigenvalue weighted by atomic mass is 16.5. The third kappa shape index (κ3) is 5.35. The average molecular weight is 218 g/mol. The predicted octanol–water partition coefficient (Wildman–Crippen LogP) is 3.43. The molecule has 0 bridgehead atoms. The zero-order chi connectivity index (χ0) is 11.8. The number of hydrogen-bond donors (Lipinski definition) is 0. The zero-order valence-corrected chi connectivity index (χ0v) is 9.85. The smallest absolute Gasteiger partial charge is 0.306 e. The van der Waals surface area contributed by atoms with Gasteiger partial charge in [0.25, 0.3) is 0 Å². The van der Waals surface area contributed by atoms with Crippen molar-refractivity contribution in [2.45, 2.75) is 32.8 Å². The monoisotopic (exact) mass is 218 g/mol. The van der Waals surface area contributed by atoms with Crippen LogP contribution in [0.25, 0.3) is 6.08 Å². The van der Waals surface area contributed by atoms with E-state index >= 15 is 0 Å². The van der Waals surface area contributed by atoms with E-state index < -0.39 is 0 Å². The predicted molar refractivity (Wildman–Crippen MR) is 65.9 cm³/mol. The Morgan fingerprint density at radius 3 is 2.62 bits per heavy atom. The Bertz CT molecular complexity index is 339. The van der Waals surface area contributed by atoms with Crippen molar-refractivity contribution < 1.29 is 9.53 Å². The van der Waals surface area contributed by atoms with E-state index in [0.29, 0.717) is 6.42 Å².